The van der Waals surface area contributed by atoms with Crippen molar-refractivity contribution in [3.63, 3.8) is 0 Å². The minimum atomic E-state index is -0.183. The van der Waals surface area contributed by atoms with E-state index in [-0.39, 0.29) is 5.56 Å². The van der Waals surface area contributed by atoms with Gasteiger partial charge in [0.2, 0.25) is 0 Å². The Hall–Kier alpha value is -2.86. The summed E-state index contributed by atoms with van der Waals surface area (Å²) >= 11 is 4.90. The zero-order chi connectivity index (χ0) is 16.9. The van der Waals surface area contributed by atoms with Crippen LogP contribution in [0.25, 0.3) is 0 Å². The molecular formula is C18H16N2O3S. The highest BCUT2D eigenvalue weighted by molar-refractivity contribution is 7.71. The van der Waals surface area contributed by atoms with Gasteiger partial charge in [0, 0.05) is 24.2 Å². The highest BCUT2D eigenvalue weighted by atomic mass is 32.1. The van der Waals surface area contributed by atoms with Gasteiger partial charge in [0.1, 0.15) is 17.2 Å². The van der Waals surface area contributed by atoms with E-state index in [1.807, 2.05) is 48.5 Å². The largest absolute Gasteiger partial charge is 0.497 e. The van der Waals surface area contributed by atoms with Crippen LogP contribution in [0.4, 0.5) is 0 Å². The first-order chi connectivity index (χ1) is 11.6. The number of nitrogens with one attached hydrogen (secondary N) is 2. The summed E-state index contributed by atoms with van der Waals surface area (Å²) in [5.74, 6) is 2.11. The van der Waals surface area contributed by atoms with Crippen LogP contribution < -0.4 is 15.0 Å². The lowest BCUT2D eigenvalue weighted by atomic mass is 10.1. The van der Waals surface area contributed by atoms with Crippen LogP contribution in [0.3, 0.4) is 0 Å². The van der Waals surface area contributed by atoms with E-state index in [4.69, 9.17) is 21.7 Å². The third-order valence-electron chi connectivity index (χ3n) is 3.47. The Bertz CT molecular complexity index is 962. The van der Waals surface area contributed by atoms with Gasteiger partial charge in [-0.25, -0.2) is 0 Å². The molecule has 0 unspecified atom stereocenters. The van der Waals surface area contributed by atoms with Crippen molar-refractivity contribution in [1.82, 2.24) is 9.97 Å². The SMILES string of the molecule is COc1cccc(Oc2cccc(Cc3c[nH]c(=S)[nH]c3=O)c2)c1. The van der Waals surface area contributed by atoms with E-state index < -0.39 is 0 Å². The fourth-order valence-electron chi connectivity index (χ4n) is 2.31. The van der Waals surface area contributed by atoms with Gasteiger partial charge >= 0.3 is 0 Å². The first kappa shape index (κ1) is 16.0. The molecule has 1 aromatic heterocycles. The molecule has 2 aromatic carbocycles. The molecule has 3 aromatic rings. The molecule has 0 fully saturated rings. The van der Waals surface area contributed by atoms with E-state index in [1.54, 1.807) is 13.3 Å². The van der Waals surface area contributed by atoms with E-state index in [1.165, 1.54) is 0 Å². The maximum atomic E-state index is 11.9. The quantitative estimate of drug-likeness (QED) is 0.693. The van der Waals surface area contributed by atoms with Crippen molar-refractivity contribution in [3.05, 3.63) is 81.0 Å². The zero-order valence-electron chi connectivity index (χ0n) is 13.0. The smallest absolute Gasteiger partial charge is 0.255 e. The number of aromatic amines is 2. The van der Waals surface area contributed by atoms with Crippen LogP contribution in [0.15, 0.2) is 59.5 Å². The number of hydrogen-bond donors (Lipinski definition) is 2. The molecule has 6 heteroatoms. The molecule has 122 valence electrons. The van der Waals surface area contributed by atoms with Crippen LogP contribution in [0.1, 0.15) is 11.1 Å². The summed E-state index contributed by atoms with van der Waals surface area (Å²) in [6.45, 7) is 0. The second-order valence-electron chi connectivity index (χ2n) is 5.20. The number of methoxy groups -OCH3 is 1. The van der Waals surface area contributed by atoms with Crippen molar-refractivity contribution in [2.75, 3.05) is 7.11 Å². The molecular weight excluding hydrogens is 324 g/mol. The topological polar surface area (TPSA) is 67.1 Å². The average molecular weight is 340 g/mol. The minimum absolute atomic E-state index is 0.183. The molecule has 2 N–H and O–H groups in total. The van der Waals surface area contributed by atoms with Crippen molar-refractivity contribution < 1.29 is 9.47 Å². The number of rotatable bonds is 5. The van der Waals surface area contributed by atoms with Gasteiger partial charge < -0.3 is 14.5 Å². The van der Waals surface area contributed by atoms with Gasteiger partial charge in [0.15, 0.2) is 4.77 Å². The normalized spacial score (nSPS) is 10.4. The molecule has 0 saturated carbocycles. The molecule has 0 radical (unpaired) electrons. The maximum Gasteiger partial charge on any atom is 0.255 e. The summed E-state index contributed by atoms with van der Waals surface area (Å²) in [7, 11) is 1.61. The van der Waals surface area contributed by atoms with Crippen molar-refractivity contribution in [2.45, 2.75) is 6.42 Å². The average Bonchev–Trinajstić information content (AvgIpc) is 2.58. The molecule has 0 aliphatic rings. The van der Waals surface area contributed by atoms with Crippen LogP contribution >= 0.6 is 12.2 Å². The highest BCUT2D eigenvalue weighted by Crippen LogP contribution is 2.26. The molecule has 24 heavy (non-hydrogen) atoms. The molecule has 0 bridgehead atoms. The molecule has 0 aliphatic carbocycles. The Labute approximate surface area is 143 Å². The molecule has 3 rings (SSSR count). The van der Waals surface area contributed by atoms with Gasteiger partial charge in [0.25, 0.3) is 5.56 Å². The number of hydrogen-bond acceptors (Lipinski definition) is 4. The van der Waals surface area contributed by atoms with Crippen LogP contribution in [-0.4, -0.2) is 17.1 Å². The molecule has 5 nitrogen and oxygen atoms in total. The van der Waals surface area contributed by atoms with E-state index >= 15 is 0 Å². The van der Waals surface area contributed by atoms with E-state index in [2.05, 4.69) is 9.97 Å². The van der Waals surface area contributed by atoms with Crippen LogP contribution in [0.5, 0.6) is 17.2 Å². The fraction of sp³-hybridized carbons (Fsp3) is 0.111. The fourth-order valence-corrected chi connectivity index (χ4v) is 2.46. The van der Waals surface area contributed by atoms with Crippen molar-refractivity contribution in [1.29, 1.82) is 0 Å². The number of aromatic nitrogens is 2. The first-order valence-electron chi connectivity index (χ1n) is 7.36. The van der Waals surface area contributed by atoms with Gasteiger partial charge in [-0.3, -0.25) is 9.78 Å². The second-order valence-corrected chi connectivity index (χ2v) is 5.61. The summed E-state index contributed by atoms with van der Waals surface area (Å²) in [6, 6.07) is 15.0. The van der Waals surface area contributed by atoms with Gasteiger partial charge in [-0.2, -0.15) is 0 Å². The van der Waals surface area contributed by atoms with Gasteiger partial charge in [-0.15, -0.1) is 0 Å². The Kier molecular flexibility index (Phi) is 4.77. The standard InChI is InChI=1S/C18H16N2O3S/c1-22-14-5-3-7-16(10-14)23-15-6-2-4-12(9-15)8-13-11-19-18(24)20-17(13)21/h2-7,9-11H,8H2,1H3,(H2,19,20,21,24). The number of benzene rings is 2. The maximum absolute atomic E-state index is 11.9. The Morgan fingerprint density at radius 1 is 1.04 bits per heavy atom. The lowest BCUT2D eigenvalue weighted by Gasteiger charge is -2.09. The van der Waals surface area contributed by atoms with E-state index in [0.717, 1.165) is 11.3 Å². The monoisotopic (exact) mass is 340 g/mol. The summed E-state index contributed by atoms with van der Waals surface area (Å²) in [4.78, 5) is 17.3. The predicted octanol–water partition coefficient (Wildman–Crippen LogP) is 3.82. The molecule has 0 amide bonds. The molecule has 0 atom stereocenters. The van der Waals surface area contributed by atoms with Crippen LogP contribution in [0.2, 0.25) is 0 Å². The summed E-state index contributed by atoms with van der Waals surface area (Å²) in [5.41, 5.74) is 1.39. The summed E-state index contributed by atoms with van der Waals surface area (Å²) in [6.07, 6.45) is 2.12. The third-order valence-corrected chi connectivity index (χ3v) is 3.69. The molecule has 1 heterocycles. The van der Waals surface area contributed by atoms with Crippen molar-refractivity contribution >= 4 is 12.2 Å². The van der Waals surface area contributed by atoms with Crippen molar-refractivity contribution in [2.24, 2.45) is 0 Å². The van der Waals surface area contributed by atoms with Gasteiger partial charge in [-0.1, -0.05) is 18.2 Å². The number of H-pyrrole nitrogens is 2. The molecule has 0 saturated heterocycles. The van der Waals surface area contributed by atoms with E-state index in [0.29, 0.717) is 28.3 Å². The predicted molar refractivity (Wildman–Crippen MR) is 94.6 cm³/mol. The Morgan fingerprint density at radius 3 is 2.50 bits per heavy atom. The third kappa shape index (κ3) is 3.91. The minimum Gasteiger partial charge on any atom is -0.497 e. The van der Waals surface area contributed by atoms with E-state index in [9.17, 15) is 4.79 Å². The van der Waals surface area contributed by atoms with Crippen LogP contribution in [0, 0.1) is 4.77 Å². The van der Waals surface area contributed by atoms with Gasteiger partial charge in [0.05, 0.1) is 7.11 Å². The second kappa shape index (κ2) is 7.14. The van der Waals surface area contributed by atoms with Crippen LogP contribution in [-0.2, 0) is 6.42 Å². The Morgan fingerprint density at radius 2 is 1.75 bits per heavy atom. The Balaban J connectivity index is 1.81. The highest BCUT2D eigenvalue weighted by Gasteiger charge is 2.04. The summed E-state index contributed by atoms with van der Waals surface area (Å²) in [5, 5.41) is 0. The molecule has 0 spiro atoms. The van der Waals surface area contributed by atoms with Crippen molar-refractivity contribution in [3.8, 4) is 17.2 Å². The lowest BCUT2D eigenvalue weighted by Crippen LogP contribution is -2.13. The summed E-state index contributed by atoms with van der Waals surface area (Å²) < 4.78 is 11.4. The molecule has 0 aliphatic heterocycles. The first-order valence-corrected chi connectivity index (χ1v) is 7.76. The lowest BCUT2D eigenvalue weighted by molar-refractivity contribution is 0.409. The zero-order valence-corrected chi connectivity index (χ0v) is 13.9. The number of ether oxygens (including phenoxy) is 2. The van der Waals surface area contributed by atoms with Gasteiger partial charge in [-0.05, 0) is 42.0 Å².